The van der Waals surface area contributed by atoms with Crippen molar-refractivity contribution in [3.8, 4) is 0 Å². The van der Waals surface area contributed by atoms with Crippen LogP contribution in [-0.2, 0) is 0 Å². The lowest BCUT2D eigenvalue weighted by atomic mass is 9.92. The third kappa shape index (κ3) is 2.08. The van der Waals surface area contributed by atoms with Gasteiger partial charge in [0.2, 0.25) is 0 Å². The molecule has 0 radical (unpaired) electrons. The van der Waals surface area contributed by atoms with Gasteiger partial charge in [0, 0.05) is 24.8 Å². The van der Waals surface area contributed by atoms with Crippen LogP contribution in [0.4, 0.5) is 5.69 Å². The molecule has 0 amide bonds. The molecule has 96 valence electrons. The van der Waals surface area contributed by atoms with E-state index in [1.807, 2.05) is 12.1 Å². The Kier molecular flexibility index (Phi) is 2.96. The molecule has 0 bridgehead atoms. The van der Waals surface area contributed by atoms with Crippen LogP contribution in [0, 0.1) is 0 Å². The summed E-state index contributed by atoms with van der Waals surface area (Å²) >= 11 is 0. The fourth-order valence-electron chi connectivity index (χ4n) is 2.72. The third-order valence-electron chi connectivity index (χ3n) is 3.94. The van der Waals surface area contributed by atoms with Crippen LogP contribution >= 0.6 is 0 Å². The zero-order valence-electron chi connectivity index (χ0n) is 10.5. The molecule has 0 spiro atoms. The number of aromatic nitrogens is 1. The second kappa shape index (κ2) is 4.61. The fraction of sp³-hybridized carbons (Fsp3) is 0.500. The Hall–Kier alpha value is -1.55. The lowest BCUT2D eigenvalue weighted by molar-refractivity contribution is 0.122. The first-order valence-corrected chi connectivity index (χ1v) is 6.48. The zero-order chi connectivity index (χ0) is 12.5. The summed E-state index contributed by atoms with van der Waals surface area (Å²) in [6.45, 7) is 0. The van der Waals surface area contributed by atoms with E-state index in [0.29, 0.717) is 6.04 Å². The van der Waals surface area contributed by atoms with Gasteiger partial charge in [0.05, 0.1) is 6.10 Å². The fourth-order valence-corrected chi connectivity index (χ4v) is 2.72. The van der Waals surface area contributed by atoms with Crippen molar-refractivity contribution in [1.82, 2.24) is 4.98 Å². The van der Waals surface area contributed by atoms with Crippen molar-refractivity contribution in [3.05, 3.63) is 24.6 Å². The molecule has 1 aliphatic rings. The molecule has 2 aromatic rings. The minimum absolute atomic E-state index is 0.105. The Labute approximate surface area is 106 Å². The number of benzene rings is 1. The van der Waals surface area contributed by atoms with Crippen LogP contribution in [0.1, 0.15) is 25.7 Å². The van der Waals surface area contributed by atoms with Gasteiger partial charge in [-0.05, 0) is 37.8 Å². The summed E-state index contributed by atoms with van der Waals surface area (Å²) in [5.74, 6) is 0. The van der Waals surface area contributed by atoms with E-state index >= 15 is 0 Å². The van der Waals surface area contributed by atoms with Crippen molar-refractivity contribution in [2.45, 2.75) is 37.8 Å². The highest BCUT2D eigenvalue weighted by molar-refractivity contribution is 5.77. The molecule has 1 saturated carbocycles. The zero-order valence-corrected chi connectivity index (χ0v) is 10.5. The number of rotatable bonds is 2. The maximum Gasteiger partial charge on any atom is 0.181 e. The monoisotopic (exact) mass is 246 g/mol. The van der Waals surface area contributed by atoms with E-state index in [1.54, 1.807) is 0 Å². The van der Waals surface area contributed by atoms with Crippen LogP contribution in [0.3, 0.4) is 0 Å². The predicted molar refractivity (Wildman–Crippen MR) is 70.7 cm³/mol. The van der Waals surface area contributed by atoms with Crippen LogP contribution in [0.2, 0.25) is 0 Å². The topological polar surface area (TPSA) is 49.5 Å². The second-order valence-corrected chi connectivity index (χ2v) is 5.08. The van der Waals surface area contributed by atoms with E-state index in [-0.39, 0.29) is 6.10 Å². The normalized spacial score (nSPS) is 24.3. The van der Waals surface area contributed by atoms with Crippen molar-refractivity contribution in [3.63, 3.8) is 0 Å². The molecule has 4 heteroatoms. The van der Waals surface area contributed by atoms with E-state index in [9.17, 15) is 5.11 Å². The number of oxazole rings is 1. The Morgan fingerprint density at radius 3 is 2.83 bits per heavy atom. The quantitative estimate of drug-likeness (QED) is 0.884. The van der Waals surface area contributed by atoms with Crippen molar-refractivity contribution < 1.29 is 9.52 Å². The molecular weight excluding hydrogens is 228 g/mol. The Morgan fingerprint density at radius 2 is 2.06 bits per heavy atom. The van der Waals surface area contributed by atoms with E-state index in [2.05, 4.69) is 23.0 Å². The number of hydrogen-bond donors (Lipinski definition) is 1. The van der Waals surface area contributed by atoms with E-state index in [0.717, 1.165) is 42.5 Å². The standard InChI is InChI=1S/C14H18N2O2/c1-16(10-2-5-12(17)6-3-10)11-4-7-13-14(8-11)18-9-15-13/h4,7-10,12,17H,2-3,5-6H2,1H3. The number of aliphatic hydroxyl groups is 1. The van der Waals surface area contributed by atoms with Gasteiger partial charge in [0.25, 0.3) is 0 Å². The summed E-state index contributed by atoms with van der Waals surface area (Å²) in [5, 5.41) is 9.55. The van der Waals surface area contributed by atoms with Crippen LogP contribution in [0.5, 0.6) is 0 Å². The summed E-state index contributed by atoms with van der Waals surface area (Å²) < 4.78 is 5.34. The largest absolute Gasteiger partial charge is 0.443 e. The molecule has 18 heavy (non-hydrogen) atoms. The van der Waals surface area contributed by atoms with Crippen LogP contribution in [0.25, 0.3) is 11.1 Å². The number of hydrogen-bond acceptors (Lipinski definition) is 4. The average Bonchev–Trinajstić information content (AvgIpc) is 2.86. The molecular formula is C14H18N2O2. The van der Waals surface area contributed by atoms with Gasteiger partial charge in [-0.2, -0.15) is 0 Å². The molecule has 0 saturated heterocycles. The maximum atomic E-state index is 9.55. The maximum absolute atomic E-state index is 9.55. The van der Waals surface area contributed by atoms with Gasteiger partial charge in [-0.1, -0.05) is 0 Å². The number of aliphatic hydroxyl groups excluding tert-OH is 1. The van der Waals surface area contributed by atoms with Gasteiger partial charge < -0.3 is 14.4 Å². The first-order chi connectivity index (χ1) is 8.74. The van der Waals surface area contributed by atoms with Crippen molar-refractivity contribution in [2.24, 2.45) is 0 Å². The summed E-state index contributed by atoms with van der Waals surface area (Å²) in [6, 6.07) is 6.61. The Morgan fingerprint density at radius 1 is 1.28 bits per heavy atom. The lowest BCUT2D eigenvalue weighted by Crippen LogP contribution is -2.36. The molecule has 1 fully saturated rings. The molecule has 1 N–H and O–H groups in total. The van der Waals surface area contributed by atoms with Gasteiger partial charge in [-0.15, -0.1) is 0 Å². The average molecular weight is 246 g/mol. The molecule has 1 aromatic heterocycles. The molecule has 0 unspecified atom stereocenters. The number of fused-ring (bicyclic) bond motifs is 1. The van der Waals surface area contributed by atoms with Crippen LogP contribution in [0.15, 0.2) is 29.0 Å². The van der Waals surface area contributed by atoms with Crippen LogP contribution in [-0.4, -0.2) is 29.3 Å². The Balaban J connectivity index is 1.80. The molecule has 4 nitrogen and oxygen atoms in total. The van der Waals surface area contributed by atoms with Gasteiger partial charge in [0.1, 0.15) is 5.52 Å². The van der Waals surface area contributed by atoms with Crippen molar-refractivity contribution in [1.29, 1.82) is 0 Å². The van der Waals surface area contributed by atoms with Gasteiger partial charge >= 0.3 is 0 Å². The summed E-state index contributed by atoms with van der Waals surface area (Å²) in [5.41, 5.74) is 2.88. The molecule has 1 aliphatic carbocycles. The third-order valence-corrected chi connectivity index (χ3v) is 3.94. The summed E-state index contributed by atoms with van der Waals surface area (Å²) in [7, 11) is 2.11. The molecule has 3 rings (SSSR count). The van der Waals surface area contributed by atoms with Crippen molar-refractivity contribution >= 4 is 16.8 Å². The molecule has 0 atom stereocenters. The smallest absolute Gasteiger partial charge is 0.181 e. The molecule has 1 aromatic carbocycles. The van der Waals surface area contributed by atoms with Gasteiger partial charge in [-0.25, -0.2) is 4.98 Å². The first kappa shape index (κ1) is 11.5. The van der Waals surface area contributed by atoms with Crippen molar-refractivity contribution in [2.75, 3.05) is 11.9 Å². The first-order valence-electron chi connectivity index (χ1n) is 6.48. The van der Waals surface area contributed by atoms with Gasteiger partial charge in [-0.3, -0.25) is 0 Å². The van der Waals surface area contributed by atoms with E-state index in [4.69, 9.17) is 4.42 Å². The minimum atomic E-state index is -0.105. The highest BCUT2D eigenvalue weighted by atomic mass is 16.3. The molecule has 1 heterocycles. The number of anilines is 1. The second-order valence-electron chi connectivity index (χ2n) is 5.08. The number of nitrogens with zero attached hydrogens (tertiary/aromatic N) is 2. The van der Waals surface area contributed by atoms with E-state index < -0.39 is 0 Å². The Bertz CT molecular complexity index is 529. The highest BCUT2D eigenvalue weighted by Crippen LogP contribution is 2.28. The minimum Gasteiger partial charge on any atom is -0.443 e. The summed E-state index contributed by atoms with van der Waals surface area (Å²) in [6.07, 6.45) is 5.27. The highest BCUT2D eigenvalue weighted by Gasteiger charge is 2.23. The van der Waals surface area contributed by atoms with Crippen LogP contribution < -0.4 is 4.90 Å². The summed E-state index contributed by atoms with van der Waals surface area (Å²) in [4.78, 5) is 6.41. The van der Waals surface area contributed by atoms with Gasteiger partial charge in [0.15, 0.2) is 12.0 Å². The predicted octanol–water partition coefficient (Wildman–Crippen LogP) is 2.57. The molecule has 0 aliphatic heterocycles. The lowest BCUT2D eigenvalue weighted by Gasteiger charge is -2.34. The SMILES string of the molecule is CN(c1ccc2ncoc2c1)C1CCC(O)CC1. The van der Waals surface area contributed by atoms with E-state index in [1.165, 1.54) is 6.39 Å².